The Hall–Kier alpha value is -2.04. The number of Topliss-reactive ketones (excluding diaryl/α,β-unsaturated/α-hetero) is 1. The molecule has 0 radical (unpaired) electrons. The maximum absolute atomic E-state index is 13.9. The standard InChI is InChI=1S/C16H14F3NO/c1-16(2)7-14-9(15(21)8-16)3-4-20(14)13-6-11(18)10(17)5-12(13)19/h3-6H,7-8H2,1-2H3. The van der Waals surface area contributed by atoms with E-state index in [-0.39, 0.29) is 16.9 Å². The summed E-state index contributed by atoms with van der Waals surface area (Å²) in [6, 6.07) is 2.94. The predicted octanol–water partition coefficient (Wildman–Crippen LogP) is 4.05. The molecular weight excluding hydrogens is 279 g/mol. The third-order valence-electron chi connectivity index (χ3n) is 3.83. The summed E-state index contributed by atoms with van der Waals surface area (Å²) in [5.41, 5.74) is 0.843. The molecule has 21 heavy (non-hydrogen) atoms. The van der Waals surface area contributed by atoms with E-state index in [9.17, 15) is 18.0 Å². The van der Waals surface area contributed by atoms with Gasteiger partial charge in [-0.1, -0.05) is 13.8 Å². The summed E-state index contributed by atoms with van der Waals surface area (Å²) in [7, 11) is 0. The highest BCUT2D eigenvalue weighted by atomic mass is 19.2. The summed E-state index contributed by atoms with van der Waals surface area (Å²) < 4.78 is 41.8. The molecule has 1 aromatic carbocycles. The molecule has 1 aliphatic rings. The van der Waals surface area contributed by atoms with Crippen molar-refractivity contribution in [1.29, 1.82) is 0 Å². The lowest BCUT2D eigenvalue weighted by atomic mass is 9.76. The van der Waals surface area contributed by atoms with Gasteiger partial charge in [-0.05, 0) is 17.9 Å². The molecule has 2 nitrogen and oxygen atoms in total. The molecule has 0 spiro atoms. The van der Waals surface area contributed by atoms with Crippen molar-refractivity contribution >= 4 is 5.78 Å². The number of carbonyl (C=O) groups excluding carboxylic acids is 1. The van der Waals surface area contributed by atoms with E-state index in [1.54, 1.807) is 6.07 Å². The van der Waals surface area contributed by atoms with Gasteiger partial charge in [0.15, 0.2) is 17.4 Å². The highest BCUT2D eigenvalue weighted by Crippen LogP contribution is 2.36. The van der Waals surface area contributed by atoms with Crippen molar-refractivity contribution in [3.63, 3.8) is 0 Å². The first kappa shape index (κ1) is 13.9. The predicted molar refractivity (Wildman–Crippen MR) is 72.1 cm³/mol. The summed E-state index contributed by atoms with van der Waals surface area (Å²) in [6.07, 6.45) is 2.52. The van der Waals surface area contributed by atoms with Crippen molar-refractivity contribution in [2.24, 2.45) is 5.41 Å². The molecule has 0 saturated heterocycles. The molecule has 0 fully saturated rings. The number of hydrogen-bond donors (Lipinski definition) is 0. The van der Waals surface area contributed by atoms with E-state index in [4.69, 9.17) is 0 Å². The van der Waals surface area contributed by atoms with E-state index in [1.165, 1.54) is 10.8 Å². The van der Waals surface area contributed by atoms with E-state index in [0.29, 0.717) is 30.2 Å². The fraction of sp³-hybridized carbons (Fsp3) is 0.312. The number of hydrogen-bond acceptors (Lipinski definition) is 1. The first-order valence-corrected chi connectivity index (χ1v) is 6.67. The van der Waals surface area contributed by atoms with Crippen LogP contribution in [-0.4, -0.2) is 10.4 Å². The normalized spacial score (nSPS) is 16.9. The van der Waals surface area contributed by atoms with Gasteiger partial charge in [-0.15, -0.1) is 0 Å². The van der Waals surface area contributed by atoms with Gasteiger partial charge in [-0.2, -0.15) is 0 Å². The van der Waals surface area contributed by atoms with Crippen LogP contribution in [0.3, 0.4) is 0 Å². The summed E-state index contributed by atoms with van der Waals surface area (Å²) in [4.78, 5) is 12.1. The Bertz CT molecular complexity index is 746. The van der Waals surface area contributed by atoms with Crippen LogP contribution in [0.2, 0.25) is 0 Å². The Morgan fingerprint density at radius 2 is 1.71 bits per heavy atom. The third-order valence-corrected chi connectivity index (χ3v) is 3.83. The van der Waals surface area contributed by atoms with Crippen molar-refractivity contribution < 1.29 is 18.0 Å². The first-order valence-electron chi connectivity index (χ1n) is 6.67. The number of nitrogens with zero attached hydrogens (tertiary/aromatic N) is 1. The number of aromatic nitrogens is 1. The average molecular weight is 293 g/mol. The van der Waals surface area contributed by atoms with Gasteiger partial charge in [0.2, 0.25) is 0 Å². The van der Waals surface area contributed by atoms with E-state index >= 15 is 0 Å². The molecule has 0 bridgehead atoms. The molecule has 110 valence electrons. The maximum atomic E-state index is 13.9. The minimum Gasteiger partial charge on any atom is -0.317 e. The van der Waals surface area contributed by atoms with Gasteiger partial charge in [0.25, 0.3) is 0 Å². The second kappa shape index (κ2) is 4.48. The van der Waals surface area contributed by atoms with Crippen LogP contribution < -0.4 is 0 Å². The molecule has 0 saturated carbocycles. The van der Waals surface area contributed by atoms with Gasteiger partial charge in [0.05, 0.1) is 5.69 Å². The summed E-state index contributed by atoms with van der Waals surface area (Å²) >= 11 is 0. The first-order chi connectivity index (χ1) is 9.78. The fourth-order valence-corrected chi connectivity index (χ4v) is 2.87. The maximum Gasteiger partial charge on any atom is 0.165 e. The highest BCUT2D eigenvalue weighted by Gasteiger charge is 2.33. The van der Waals surface area contributed by atoms with E-state index in [0.717, 1.165) is 6.07 Å². The van der Waals surface area contributed by atoms with Crippen molar-refractivity contribution in [3.8, 4) is 5.69 Å². The quantitative estimate of drug-likeness (QED) is 0.727. The molecule has 0 atom stereocenters. The van der Waals surface area contributed by atoms with Gasteiger partial charge < -0.3 is 4.57 Å². The zero-order valence-corrected chi connectivity index (χ0v) is 11.7. The number of rotatable bonds is 1. The minimum atomic E-state index is -1.23. The van der Waals surface area contributed by atoms with Crippen LogP contribution in [0.25, 0.3) is 5.69 Å². The lowest BCUT2D eigenvalue weighted by Crippen LogP contribution is -2.27. The van der Waals surface area contributed by atoms with E-state index in [2.05, 4.69) is 0 Å². The molecule has 1 heterocycles. The van der Waals surface area contributed by atoms with Crippen LogP contribution in [0.4, 0.5) is 13.2 Å². The molecule has 1 aromatic heterocycles. The highest BCUT2D eigenvalue weighted by molar-refractivity contribution is 5.99. The zero-order valence-electron chi connectivity index (χ0n) is 11.7. The number of halogens is 3. The lowest BCUT2D eigenvalue weighted by Gasteiger charge is -2.29. The molecule has 0 unspecified atom stereocenters. The van der Waals surface area contributed by atoms with E-state index in [1.807, 2.05) is 13.8 Å². The van der Waals surface area contributed by atoms with Crippen molar-refractivity contribution in [2.75, 3.05) is 0 Å². The topological polar surface area (TPSA) is 22.0 Å². The molecule has 0 N–H and O–H groups in total. The van der Waals surface area contributed by atoms with Crippen molar-refractivity contribution in [3.05, 3.63) is 53.1 Å². The number of fused-ring (bicyclic) bond motifs is 1. The summed E-state index contributed by atoms with van der Waals surface area (Å²) in [5, 5.41) is 0. The Morgan fingerprint density at radius 1 is 1.05 bits per heavy atom. The van der Waals surface area contributed by atoms with Gasteiger partial charge >= 0.3 is 0 Å². The Kier molecular flexibility index (Phi) is 2.97. The molecule has 2 aromatic rings. The molecule has 5 heteroatoms. The Balaban J connectivity index is 2.19. The van der Waals surface area contributed by atoms with Gasteiger partial charge in [-0.25, -0.2) is 13.2 Å². The summed E-state index contributed by atoms with van der Waals surface area (Å²) in [6.45, 7) is 3.90. The second-order valence-electron chi connectivity index (χ2n) is 6.20. The minimum absolute atomic E-state index is 0.0111. The second-order valence-corrected chi connectivity index (χ2v) is 6.20. The molecule has 1 aliphatic carbocycles. The van der Waals surface area contributed by atoms with Crippen LogP contribution in [0, 0.1) is 22.9 Å². The molecular formula is C16H14F3NO. The van der Waals surface area contributed by atoms with Gasteiger partial charge in [-0.3, -0.25) is 4.79 Å². The van der Waals surface area contributed by atoms with Gasteiger partial charge in [0, 0.05) is 36.0 Å². The van der Waals surface area contributed by atoms with Crippen LogP contribution >= 0.6 is 0 Å². The Labute approximate surface area is 120 Å². The average Bonchev–Trinajstić information content (AvgIpc) is 2.76. The lowest BCUT2D eigenvalue weighted by molar-refractivity contribution is 0.0911. The summed E-state index contributed by atoms with van der Waals surface area (Å²) in [5.74, 6) is -3.21. The smallest absolute Gasteiger partial charge is 0.165 e. The SMILES string of the molecule is CC1(C)CC(=O)c2ccn(-c3cc(F)c(F)cc3F)c2C1. The van der Waals surface area contributed by atoms with Crippen LogP contribution in [-0.2, 0) is 6.42 Å². The van der Waals surface area contributed by atoms with Crippen LogP contribution in [0.1, 0.15) is 36.3 Å². The monoisotopic (exact) mass is 293 g/mol. The van der Waals surface area contributed by atoms with Crippen molar-refractivity contribution in [1.82, 2.24) is 4.57 Å². The van der Waals surface area contributed by atoms with Crippen LogP contribution in [0.15, 0.2) is 24.4 Å². The van der Waals surface area contributed by atoms with Crippen molar-refractivity contribution in [2.45, 2.75) is 26.7 Å². The van der Waals surface area contributed by atoms with Gasteiger partial charge in [0.1, 0.15) is 5.82 Å². The molecule has 0 aliphatic heterocycles. The van der Waals surface area contributed by atoms with Crippen LogP contribution in [0.5, 0.6) is 0 Å². The largest absolute Gasteiger partial charge is 0.317 e. The number of ketones is 1. The van der Waals surface area contributed by atoms with E-state index < -0.39 is 17.5 Å². The third kappa shape index (κ3) is 2.26. The Morgan fingerprint density at radius 3 is 2.43 bits per heavy atom. The number of benzene rings is 1. The number of carbonyl (C=O) groups is 1. The molecule has 0 amide bonds. The fourth-order valence-electron chi connectivity index (χ4n) is 2.87. The zero-order chi connectivity index (χ0) is 15.4. The molecule has 3 rings (SSSR count).